The fourth-order valence-corrected chi connectivity index (χ4v) is 6.66. The Morgan fingerprint density at radius 3 is 1.65 bits per heavy atom. The van der Waals surface area contributed by atoms with Crippen molar-refractivity contribution in [3.05, 3.63) is 146 Å². The van der Waals surface area contributed by atoms with Gasteiger partial charge in [0, 0.05) is 28.1 Å². The highest BCUT2D eigenvalue weighted by Gasteiger charge is 2.18. The number of fused-ring (bicyclic) bond motifs is 4. The average molecular weight is 619 g/mol. The molecule has 4 aromatic heterocycles. The fraction of sp³-hybridized carbons (Fsp3) is 0. The van der Waals surface area contributed by atoms with Crippen LogP contribution < -0.4 is 0 Å². The van der Waals surface area contributed by atoms with Crippen LogP contribution in [0, 0.1) is 0 Å². The summed E-state index contributed by atoms with van der Waals surface area (Å²) in [5.74, 6) is 2.58. The van der Waals surface area contributed by atoms with Gasteiger partial charge >= 0.3 is 0 Å². The first-order valence-electron chi connectivity index (χ1n) is 15.8. The molecule has 4 heterocycles. The predicted octanol–water partition coefficient (Wildman–Crippen LogP) is 9.12. The number of H-pyrrole nitrogens is 2. The minimum Gasteiger partial charge on any atom is -0.345 e. The summed E-state index contributed by atoms with van der Waals surface area (Å²) in [4.78, 5) is 26.3. The lowest BCUT2D eigenvalue weighted by Gasteiger charge is -2.12. The number of rotatable bonds is 5. The van der Waals surface area contributed by atoms with E-state index in [2.05, 4.69) is 127 Å². The molecule has 0 aliphatic carbocycles. The number of nitrogens with zero attached hydrogens (tertiary/aromatic N) is 6. The van der Waals surface area contributed by atoms with Crippen LogP contribution >= 0.6 is 0 Å². The minimum atomic E-state index is 0.851. The summed E-state index contributed by atoms with van der Waals surface area (Å²) in [6, 6.07) is 47.8. The lowest BCUT2D eigenvalue weighted by atomic mass is 10.1. The molecule has 10 aromatic rings. The summed E-state index contributed by atoms with van der Waals surface area (Å²) in [5, 5.41) is 0. The van der Waals surface area contributed by atoms with Crippen LogP contribution in [0.5, 0.6) is 0 Å². The van der Waals surface area contributed by atoms with E-state index in [0.29, 0.717) is 0 Å². The van der Waals surface area contributed by atoms with Gasteiger partial charge in [0.15, 0.2) is 0 Å². The Morgan fingerprint density at radius 2 is 1.00 bits per heavy atom. The molecule has 0 unspecified atom stereocenters. The minimum absolute atomic E-state index is 0.851. The Kier molecular flexibility index (Phi) is 5.71. The van der Waals surface area contributed by atoms with Crippen LogP contribution in [0.15, 0.2) is 146 Å². The molecule has 6 aromatic carbocycles. The largest absolute Gasteiger partial charge is 0.345 e. The summed E-state index contributed by atoms with van der Waals surface area (Å²) in [7, 11) is 0. The molecule has 0 saturated heterocycles. The lowest BCUT2D eigenvalue weighted by molar-refractivity contribution is 1.10. The number of aromatic amines is 2. The van der Waals surface area contributed by atoms with Crippen molar-refractivity contribution in [2.24, 2.45) is 0 Å². The molecule has 0 spiro atoms. The molecule has 8 nitrogen and oxygen atoms in total. The number of aromatic nitrogens is 8. The van der Waals surface area contributed by atoms with Crippen molar-refractivity contribution < 1.29 is 0 Å². The third-order valence-electron chi connectivity index (χ3n) is 8.96. The van der Waals surface area contributed by atoms with E-state index < -0.39 is 0 Å². The highest BCUT2D eigenvalue weighted by Crippen LogP contribution is 2.34. The van der Waals surface area contributed by atoms with E-state index in [1.807, 2.05) is 36.4 Å². The lowest BCUT2D eigenvalue weighted by Crippen LogP contribution is -1.99. The molecule has 0 amide bonds. The maximum absolute atomic E-state index is 5.12. The molecule has 0 aliphatic rings. The van der Waals surface area contributed by atoms with Gasteiger partial charge in [-0.2, -0.15) is 0 Å². The van der Waals surface area contributed by atoms with Crippen LogP contribution in [-0.4, -0.2) is 39.0 Å². The molecular weight excluding hydrogens is 592 g/mol. The van der Waals surface area contributed by atoms with E-state index in [0.717, 1.165) is 89.7 Å². The molecule has 226 valence electrons. The van der Waals surface area contributed by atoms with E-state index >= 15 is 0 Å². The van der Waals surface area contributed by atoms with Gasteiger partial charge in [-0.3, -0.25) is 9.13 Å². The molecule has 10 rings (SSSR count). The van der Waals surface area contributed by atoms with Crippen molar-refractivity contribution >= 4 is 44.1 Å². The molecule has 8 heteroatoms. The smallest absolute Gasteiger partial charge is 0.145 e. The van der Waals surface area contributed by atoms with Gasteiger partial charge in [-0.05, 0) is 60.7 Å². The molecule has 2 N–H and O–H groups in total. The van der Waals surface area contributed by atoms with Crippen molar-refractivity contribution in [3.63, 3.8) is 0 Å². The molecule has 0 fully saturated rings. The van der Waals surface area contributed by atoms with Crippen LogP contribution in [0.2, 0.25) is 0 Å². The summed E-state index contributed by atoms with van der Waals surface area (Å²) >= 11 is 0. The maximum Gasteiger partial charge on any atom is 0.145 e. The van der Waals surface area contributed by atoms with Gasteiger partial charge in [0.2, 0.25) is 0 Å². The Balaban J connectivity index is 1.09. The monoisotopic (exact) mass is 618 g/mol. The summed E-state index contributed by atoms with van der Waals surface area (Å²) in [5.41, 5.74) is 12.8. The number of imidazole rings is 4. The van der Waals surface area contributed by atoms with E-state index in [1.54, 1.807) is 6.33 Å². The summed E-state index contributed by atoms with van der Waals surface area (Å²) in [6.07, 6.45) is 1.72. The SMILES string of the molecule is c1ccc(-c2nc3cc(-n4c(-c5ccc(-c6nc7ccccc7n6-c6ccc7[nH]cnc7c6)cc5)nc5ccccc54)ccc3[nH]2)cc1. The van der Waals surface area contributed by atoms with Crippen molar-refractivity contribution in [2.75, 3.05) is 0 Å². The number of hydrogen-bond donors (Lipinski definition) is 2. The fourth-order valence-electron chi connectivity index (χ4n) is 6.66. The van der Waals surface area contributed by atoms with E-state index in [1.165, 1.54) is 0 Å². The predicted molar refractivity (Wildman–Crippen MR) is 191 cm³/mol. The molecule has 0 aliphatic heterocycles. The van der Waals surface area contributed by atoms with Gasteiger partial charge in [-0.1, -0.05) is 78.9 Å². The first-order valence-corrected chi connectivity index (χ1v) is 15.8. The van der Waals surface area contributed by atoms with Gasteiger partial charge in [0.1, 0.15) is 17.5 Å². The standard InChI is InChI=1S/C40H26N8/c1-2-8-25(9-3-1)38-43-31-21-19-29(23-35(31)44-38)48-37-13-7-5-11-33(37)46-40(48)27-16-14-26(15-17-27)39-45-32-10-4-6-12-36(32)47(39)28-18-20-30-34(22-28)42-24-41-30/h1-24H,(H,41,42)(H,43,44). The van der Waals surface area contributed by atoms with Gasteiger partial charge in [0.25, 0.3) is 0 Å². The zero-order valence-corrected chi connectivity index (χ0v) is 25.5. The molecule has 48 heavy (non-hydrogen) atoms. The second-order valence-electron chi connectivity index (χ2n) is 11.9. The Labute approximate surface area is 274 Å². The summed E-state index contributed by atoms with van der Waals surface area (Å²) < 4.78 is 4.42. The second kappa shape index (κ2) is 10.4. The van der Waals surface area contributed by atoms with Crippen molar-refractivity contribution in [3.8, 4) is 45.5 Å². The van der Waals surface area contributed by atoms with E-state index in [-0.39, 0.29) is 0 Å². The highest BCUT2D eigenvalue weighted by molar-refractivity contribution is 5.88. The molecule has 0 radical (unpaired) electrons. The average Bonchev–Trinajstić information content (AvgIpc) is 3.94. The van der Waals surface area contributed by atoms with Gasteiger partial charge < -0.3 is 9.97 Å². The molecular formula is C40H26N8. The van der Waals surface area contributed by atoms with Gasteiger partial charge in [-0.25, -0.2) is 19.9 Å². The molecule has 0 atom stereocenters. The Bertz CT molecular complexity index is 2780. The van der Waals surface area contributed by atoms with Gasteiger partial charge in [0.05, 0.1) is 50.5 Å². The van der Waals surface area contributed by atoms with Crippen LogP contribution in [0.3, 0.4) is 0 Å². The third-order valence-corrected chi connectivity index (χ3v) is 8.96. The van der Waals surface area contributed by atoms with Crippen LogP contribution in [0.25, 0.3) is 89.7 Å². The van der Waals surface area contributed by atoms with Gasteiger partial charge in [-0.15, -0.1) is 0 Å². The molecule has 0 saturated carbocycles. The summed E-state index contributed by atoms with van der Waals surface area (Å²) in [6.45, 7) is 0. The molecule has 0 bridgehead atoms. The quantitative estimate of drug-likeness (QED) is 0.201. The number of benzene rings is 6. The van der Waals surface area contributed by atoms with Crippen molar-refractivity contribution in [1.82, 2.24) is 39.0 Å². The third kappa shape index (κ3) is 4.16. The highest BCUT2D eigenvalue weighted by atomic mass is 15.1. The Morgan fingerprint density at radius 1 is 0.438 bits per heavy atom. The zero-order chi connectivity index (χ0) is 31.6. The first kappa shape index (κ1) is 26.4. The van der Waals surface area contributed by atoms with E-state index in [4.69, 9.17) is 15.0 Å². The second-order valence-corrected chi connectivity index (χ2v) is 11.9. The van der Waals surface area contributed by atoms with E-state index in [9.17, 15) is 0 Å². The van der Waals surface area contributed by atoms with Crippen molar-refractivity contribution in [1.29, 1.82) is 0 Å². The number of para-hydroxylation sites is 4. The maximum atomic E-state index is 5.12. The first-order chi connectivity index (χ1) is 23.8. The zero-order valence-electron chi connectivity index (χ0n) is 25.5. The number of hydrogen-bond acceptors (Lipinski definition) is 4. The van der Waals surface area contributed by atoms with Crippen LogP contribution in [0.1, 0.15) is 0 Å². The van der Waals surface area contributed by atoms with Crippen LogP contribution in [-0.2, 0) is 0 Å². The topological polar surface area (TPSA) is 93.0 Å². The number of nitrogens with one attached hydrogen (secondary N) is 2. The van der Waals surface area contributed by atoms with Crippen molar-refractivity contribution in [2.45, 2.75) is 0 Å². The Hall–Kier alpha value is -6.80. The van der Waals surface area contributed by atoms with Crippen LogP contribution in [0.4, 0.5) is 0 Å². The normalized spacial score (nSPS) is 11.8.